The summed E-state index contributed by atoms with van der Waals surface area (Å²) in [5.41, 5.74) is 0. The molecule has 10 heavy (non-hydrogen) atoms. The van der Waals surface area contributed by atoms with Crippen molar-refractivity contribution in [1.82, 2.24) is 4.90 Å². The van der Waals surface area contributed by atoms with Crippen LogP contribution in [0.15, 0.2) is 0 Å². The number of ketones is 1. The van der Waals surface area contributed by atoms with Crippen molar-refractivity contribution in [1.29, 1.82) is 0 Å². The predicted octanol–water partition coefficient (Wildman–Crippen LogP) is 0.107. The van der Waals surface area contributed by atoms with Crippen LogP contribution in [-0.4, -0.2) is 29.7 Å². The summed E-state index contributed by atoms with van der Waals surface area (Å²) in [4.78, 5) is 22.4. The topological polar surface area (TPSA) is 37.4 Å². The molecule has 3 nitrogen and oxygen atoms in total. The molecule has 0 aromatic rings. The third-order valence-corrected chi connectivity index (χ3v) is 1.84. The van der Waals surface area contributed by atoms with Gasteiger partial charge in [0.05, 0.1) is 11.3 Å². The van der Waals surface area contributed by atoms with Crippen LogP contribution in [0.4, 0.5) is 0 Å². The molecular weight excluding hydrogens is 130 g/mol. The van der Waals surface area contributed by atoms with Crippen molar-refractivity contribution >= 4 is 12.2 Å². The number of nitrogens with zero attached hydrogens (tertiary/aromatic N) is 1. The van der Waals surface area contributed by atoms with Crippen LogP contribution in [0.3, 0.4) is 0 Å². The van der Waals surface area contributed by atoms with Crippen LogP contribution in [0.25, 0.3) is 0 Å². The van der Waals surface area contributed by atoms with Gasteiger partial charge in [0, 0.05) is 0 Å². The molecule has 0 spiro atoms. The van der Waals surface area contributed by atoms with Crippen molar-refractivity contribution < 1.29 is 9.59 Å². The van der Waals surface area contributed by atoms with Crippen LogP contribution < -0.4 is 0 Å². The summed E-state index contributed by atoms with van der Waals surface area (Å²) < 4.78 is 0. The summed E-state index contributed by atoms with van der Waals surface area (Å²) in [6.45, 7) is 2.20. The number of carbonyl (C=O) groups is 1. The average Bonchev–Trinajstić information content (AvgIpc) is 2.33. The van der Waals surface area contributed by atoms with Gasteiger partial charge >= 0.3 is 6.41 Å². The molecule has 1 fully saturated rings. The first-order valence-corrected chi connectivity index (χ1v) is 3.40. The molecule has 0 radical (unpaired) electrons. The maximum Gasteiger partial charge on any atom is 0.668 e. The van der Waals surface area contributed by atoms with Crippen molar-refractivity contribution in [3.8, 4) is 0 Å². The zero-order chi connectivity index (χ0) is 7.56. The fraction of sp³-hybridized carbons (Fsp3) is 0.714. The molecule has 1 heterocycles. The SMILES string of the molecule is CC(=O)C1CCCN1[C+]=O. The molecule has 1 atom stereocenters. The van der Waals surface area contributed by atoms with Gasteiger partial charge in [-0.25, -0.2) is 0 Å². The van der Waals surface area contributed by atoms with Crippen LogP contribution in [-0.2, 0) is 9.59 Å². The normalized spacial score (nSPS) is 24.5. The fourth-order valence-corrected chi connectivity index (χ4v) is 1.30. The van der Waals surface area contributed by atoms with Crippen LogP contribution in [0.2, 0.25) is 0 Å². The second-order valence-corrected chi connectivity index (χ2v) is 2.55. The fourth-order valence-electron chi connectivity index (χ4n) is 1.30. The monoisotopic (exact) mass is 140 g/mol. The Balaban J connectivity index is 2.58. The Hall–Kier alpha value is -0.950. The number of hydrogen-bond acceptors (Lipinski definition) is 2. The summed E-state index contributed by atoms with van der Waals surface area (Å²) in [7, 11) is 0. The lowest BCUT2D eigenvalue weighted by Gasteiger charge is -2.03. The van der Waals surface area contributed by atoms with Gasteiger partial charge in [0.15, 0.2) is 5.78 Å². The minimum Gasteiger partial charge on any atom is -0.298 e. The minimum atomic E-state index is -0.183. The highest BCUT2D eigenvalue weighted by Crippen LogP contribution is 2.15. The Kier molecular flexibility index (Phi) is 1.97. The first-order chi connectivity index (χ1) is 4.75. The molecule has 0 saturated carbocycles. The highest BCUT2D eigenvalue weighted by Gasteiger charge is 2.35. The van der Waals surface area contributed by atoms with Crippen LogP contribution in [0, 0.1) is 0 Å². The molecule has 0 aromatic heterocycles. The maximum atomic E-state index is 10.8. The van der Waals surface area contributed by atoms with Gasteiger partial charge in [0.1, 0.15) is 6.04 Å². The van der Waals surface area contributed by atoms with Gasteiger partial charge in [-0.3, -0.25) is 4.79 Å². The smallest absolute Gasteiger partial charge is 0.298 e. The van der Waals surface area contributed by atoms with Crippen LogP contribution in [0.1, 0.15) is 19.8 Å². The van der Waals surface area contributed by atoms with Gasteiger partial charge in [-0.1, -0.05) is 0 Å². The van der Waals surface area contributed by atoms with Gasteiger partial charge in [-0.05, 0) is 19.8 Å². The molecule has 0 bridgehead atoms. The zero-order valence-corrected chi connectivity index (χ0v) is 5.96. The van der Waals surface area contributed by atoms with Gasteiger partial charge in [-0.2, -0.15) is 0 Å². The summed E-state index contributed by atoms with van der Waals surface area (Å²) in [5.74, 6) is 0.0702. The van der Waals surface area contributed by atoms with E-state index in [2.05, 4.69) is 0 Å². The lowest BCUT2D eigenvalue weighted by molar-refractivity contribution is -0.120. The number of amides is 1. The summed E-state index contributed by atoms with van der Waals surface area (Å²) in [6, 6.07) is -0.183. The Morgan fingerprint density at radius 1 is 1.70 bits per heavy atom. The van der Waals surface area contributed by atoms with Crippen molar-refractivity contribution in [3.63, 3.8) is 0 Å². The summed E-state index contributed by atoms with van der Waals surface area (Å²) in [6.07, 6.45) is 3.50. The molecular formula is C7H10NO2+. The van der Waals surface area contributed by atoms with Gasteiger partial charge in [0.25, 0.3) is 0 Å². The van der Waals surface area contributed by atoms with E-state index in [1.165, 1.54) is 11.8 Å². The van der Waals surface area contributed by atoms with Crippen molar-refractivity contribution in [2.75, 3.05) is 6.54 Å². The van der Waals surface area contributed by atoms with Gasteiger partial charge < -0.3 is 0 Å². The Morgan fingerprint density at radius 3 is 2.80 bits per heavy atom. The lowest BCUT2D eigenvalue weighted by atomic mass is 10.1. The van der Waals surface area contributed by atoms with E-state index < -0.39 is 0 Å². The van der Waals surface area contributed by atoms with Crippen molar-refractivity contribution in [2.45, 2.75) is 25.8 Å². The Morgan fingerprint density at radius 2 is 2.40 bits per heavy atom. The first-order valence-electron chi connectivity index (χ1n) is 3.40. The van der Waals surface area contributed by atoms with Crippen molar-refractivity contribution in [2.24, 2.45) is 0 Å². The number of hydrogen-bond donors (Lipinski definition) is 0. The van der Waals surface area contributed by atoms with Gasteiger partial charge in [0.2, 0.25) is 0 Å². The van der Waals surface area contributed by atoms with E-state index in [0.717, 1.165) is 12.8 Å². The highest BCUT2D eigenvalue weighted by molar-refractivity contribution is 5.83. The lowest BCUT2D eigenvalue weighted by Crippen LogP contribution is -2.33. The average molecular weight is 140 g/mol. The predicted molar refractivity (Wildman–Crippen MR) is 36.1 cm³/mol. The third-order valence-electron chi connectivity index (χ3n) is 1.84. The molecule has 54 valence electrons. The van der Waals surface area contributed by atoms with E-state index in [4.69, 9.17) is 0 Å². The van der Waals surface area contributed by atoms with E-state index in [0.29, 0.717) is 6.54 Å². The molecule has 0 aliphatic carbocycles. The molecule has 1 aliphatic heterocycles. The van der Waals surface area contributed by atoms with E-state index in [9.17, 15) is 9.59 Å². The molecule has 3 heteroatoms. The number of likely N-dealkylation sites (tertiary alicyclic amines) is 1. The van der Waals surface area contributed by atoms with Crippen LogP contribution in [0.5, 0.6) is 0 Å². The van der Waals surface area contributed by atoms with E-state index in [1.54, 1.807) is 6.41 Å². The number of Topliss-reactive ketones (excluding diaryl/α,β-unsaturated/α-hetero) is 1. The molecule has 1 saturated heterocycles. The van der Waals surface area contributed by atoms with E-state index in [-0.39, 0.29) is 11.8 Å². The molecule has 0 aromatic carbocycles. The first kappa shape index (κ1) is 7.16. The van der Waals surface area contributed by atoms with E-state index in [1.807, 2.05) is 0 Å². The summed E-state index contributed by atoms with van der Waals surface area (Å²) in [5, 5.41) is 0. The number of carbonyl (C=O) groups excluding carboxylic acids is 2. The molecule has 0 N–H and O–H groups in total. The molecule has 1 rings (SSSR count). The second-order valence-electron chi connectivity index (χ2n) is 2.55. The molecule has 1 unspecified atom stereocenters. The highest BCUT2D eigenvalue weighted by atomic mass is 16.1. The molecule has 1 aliphatic rings. The quantitative estimate of drug-likeness (QED) is 0.510. The minimum absolute atomic E-state index is 0.0702. The van der Waals surface area contributed by atoms with E-state index >= 15 is 0 Å². The van der Waals surface area contributed by atoms with Crippen molar-refractivity contribution in [3.05, 3.63) is 0 Å². The zero-order valence-electron chi connectivity index (χ0n) is 5.96. The number of rotatable bonds is 2. The third kappa shape index (κ3) is 1.14. The van der Waals surface area contributed by atoms with Crippen LogP contribution >= 0.6 is 0 Å². The maximum absolute atomic E-state index is 10.8. The Labute approximate surface area is 60.0 Å². The largest absolute Gasteiger partial charge is 0.668 e. The Bertz CT molecular complexity index is 156. The van der Waals surface area contributed by atoms with Gasteiger partial charge in [-0.15, -0.1) is 4.90 Å². The second kappa shape index (κ2) is 2.76. The molecule has 1 amide bonds. The standard InChI is InChI=1S/C7H10NO2/c1-6(10)7-3-2-4-8(7)5-9/h7H,2-4H2,1H3/q+1. The summed E-state index contributed by atoms with van der Waals surface area (Å²) >= 11 is 0.